The Morgan fingerprint density at radius 1 is 1.12 bits per heavy atom. The third-order valence-electron chi connectivity index (χ3n) is 4.32. The summed E-state index contributed by atoms with van der Waals surface area (Å²) in [5.41, 5.74) is 1.17. The van der Waals surface area contributed by atoms with Crippen LogP contribution in [0, 0.1) is 5.92 Å². The Morgan fingerprint density at radius 2 is 1.77 bits per heavy atom. The lowest BCUT2D eigenvalue weighted by atomic mass is 10.1. The first kappa shape index (κ1) is 18.1. The van der Waals surface area contributed by atoms with Gasteiger partial charge in [-0.25, -0.2) is 0 Å². The summed E-state index contributed by atoms with van der Waals surface area (Å²) in [4.78, 5) is 38.5. The van der Waals surface area contributed by atoms with Gasteiger partial charge in [0.2, 0.25) is 11.7 Å². The molecule has 0 unspecified atom stereocenters. The van der Waals surface area contributed by atoms with Crippen molar-refractivity contribution in [1.29, 1.82) is 0 Å². The Bertz CT molecular complexity index is 819. The number of ketones is 1. The molecule has 5 nitrogen and oxygen atoms in total. The standard InChI is InChI=1S/C20H18ClNO4/c1-13(19(24)14-5-3-2-4-6-14)26-20(25)15-11-18(23)22(12-15)17-9-7-16(21)8-10-17/h2-10,13,15H,11-12H2,1H3/t13-,15-/m1/s1. The van der Waals surface area contributed by atoms with Gasteiger partial charge >= 0.3 is 5.97 Å². The predicted octanol–water partition coefficient (Wildman–Crippen LogP) is 3.51. The van der Waals surface area contributed by atoms with Gasteiger partial charge in [-0.05, 0) is 31.2 Å². The summed E-state index contributed by atoms with van der Waals surface area (Å²) in [6, 6.07) is 15.5. The molecule has 0 N–H and O–H groups in total. The lowest BCUT2D eigenvalue weighted by Gasteiger charge is -2.17. The minimum absolute atomic E-state index is 0.0632. The number of esters is 1. The van der Waals surface area contributed by atoms with E-state index in [-0.39, 0.29) is 24.7 Å². The highest BCUT2D eigenvalue weighted by molar-refractivity contribution is 6.30. The van der Waals surface area contributed by atoms with E-state index in [4.69, 9.17) is 16.3 Å². The average molecular weight is 372 g/mol. The maximum Gasteiger partial charge on any atom is 0.312 e. The maximum absolute atomic E-state index is 12.4. The van der Waals surface area contributed by atoms with Crippen LogP contribution >= 0.6 is 11.6 Å². The van der Waals surface area contributed by atoms with Crippen LogP contribution in [0.1, 0.15) is 23.7 Å². The first-order valence-corrected chi connectivity index (χ1v) is 8.69. The summed E-state index contributed by atoms with van der Waals surface area (Å²) in [7, 11) is 0. The molecule has 3 rings (SSSR count). The van der Waals surface area contributed by atoms with E-state index < -0.39 is 18.0 Å². The molecule has 1 aliphatic heterocycles. The third-order valence-corrected chi connectivity index (χ3v) is 4.57. The molecular formula is C20H18ClNO4. The number of halogens is 1. The van der Waals surface area contributed by atoms with E-state index in [0.717, 1.165) is 0 Å². The van der Waals surface area contributed by atoms with Gasteiger partial charge in [-0.3, -0.25) is 14.4 Å². The average Bonchev–Trinajstić information content (AvgIpc) is 3.04. The van der Waals surface area contributed by atoms with Crippen molar-refractivity contribution in [3.63, 3.8) is 0 Å². The molecule has 0 aromatic heterocycles. The number of Topliss-reactive ketones (excluding diaryl/α,β-unsaturated/α-hetero) is 1. The van der Waals surface area contributed by atoms with E-state index in [9.17, 15) is 14.4 Å². The van der Waals surface area contributed by atoms with Crippen molar-refractivity contribution in [2.45, 2.75) is 19.4 Å². The zero-order valence-corrected chi connectivity index (χ0v) is 15.0. The van der Waals surface area contributed by atoms with Crippen LogP contribution in [0.15, 0.2) is 54.6 Å². The second-order valence-electron chi connectivity index (χ2n) is 6.19. The molecule has 1 amide bonds. The molecule has 1 saturated heterocycles. The number of carbonyl (C=O) groups excluding carboxylic acids is 3. The van der Waals surface area contributed by atoms with Crippen molar-refractivity contribution in [2.75, 3.05) is 11.4 Å². The van der Waals surface area contributed by atoms with E-state index in [1.54, 1.807) is 55.5 Å². The number of carbonyl (C=O) groups is 3. The summed E-state index contributed by atoms with van der Waals surface area (Å²) in [5.74, 6) is -1.55. The molecule has 26 heavy (non-hydrogen) atoms. The SMILES string of the molecule is C[C@@H](OC(=O)[C@@H]1CC(=O)N(c2ccc(Cl)cc2)C1)C(=O)c1ccccc1. The molecule has 0 aliphatic carbocycles. The Morgan fingerprint density at radius 3 is 2.42 bits per heavy atom. The highest BCUT2D eigenvalue weighted by Gasteiger charge is 2.37. The highest BCUT2D eigenvalue weighted by atomic mass is 35.5. The molecule has 2 aromatic rings. The van der Waals surface area contributed by atoms with Crippen molar-refractivity contribution >= 4 is 34.9 Å². The molecule has 0 bridgehead atoms. The van der Waals surface area contributed by atoms with Gasteiger partial charge in [-0.15, -0.1) is 0 Å². The van der Waals surface area contributed by atoms with Gasteiger partial charge < -0.3 is 9.64 Å². The van der Waals surface area contributed by atoms with Crippen LogP contribution < -0.4 is 4.90 Å². The fourth-order valence-electron chi connectivity index (χ4n) is 2.90. The molecule has 0 saturated carbocycles. The number of ether oxygens (including phenoxy) is 1. The number of anilines is 1. The maximum atomic E-state index is 12.4. The number of benzene rings is 2. The summed E-state index contributed by atoms with van der Waals surface area (Å²) < 4.78 is 5.31. The van der Waals surface area contributed by atoms with E-state index in [1.807, 2.05) is 6.07 Å². The van der Waals surface area contributed by atoms with Gasteiger partial charge in [0.15, 0.2) is 6.10 Å². The molecule has 2 aromatic carbocycles. The topological polar surface area (TPSA) is 63.7 Å². The van der Waals surface area contributed by atoms with Crippen molar-refractivity contribution in [1.82, 2.24) is 0 Å². The van der Waals surface area contributed by atoms with Gasteiger partial charge in [-0.2, -0.15) is 0 Å². The molecule has 2 atom stereocenters. The van der Waals surface area contributed by atoms with Gasteiger partial charge in [-0.1, -0.05) is 41.9 Å². The minimum Gasteiger partial charge on any atom is -0.454 e. The monoisotopic (exact) mass is 371 g/mol. The van der Waals surface area contributed by atoms with Crippen molar-refractivity contribution < 1.29 is 19.1 Å². The van der Waals surface area contributed by atoms with E-state index in [0.29, 0.717) is 16.3 Å². The number of hydrogen-bond acceptors (Lipinski definition) is 4. The Balaban J connectivity index is 1.63. The number of hydrogen-bond donors (Lipinski definition) is 0. The van der Waals surface area contributed by atoms with Crippen LogP contribution in [0.4, 0.5) is 5.69 Å². The first-order chi connectivity index (χ1) is 12.5. The summed E-state index contributed by atoms with van der Waals surface area (Å²) in [6.07, 6.45) is -0.835. The van der Waals surface area contributed by atoms with E-state index in [1.165, 1.54) is 4.90 Å². The fraction of sp³-hybridized carbons (Fsp3) is 0.250. The van der Waals surface area contributed by atoms with Gasteiger partial charge in [0.25, 0.3) is 0 Å². The highest BCUT2D eigenvalue weighted by Crippen LogP contribution is 2.27. The van der Waals surface area contributed by atoms with E-state index in [2.05, 4.69) is 0 Å². The molecule has 1 fully saturated rings. The fourth-order valence-corrected chi connectivity index (χ4v) is 3.02. The summed E-state index contributed by atoms with van der Waals surface area (Å²) >= 11 is 5.86. The second kappa shape index (κ2) is 7.70. The van der Waals surface area contributed by atoms with Crippen LogP contribution in [0.2, 0.25) is 5.02 Å². The van der Waals surface area contributed by atoms with Gasteiger partial charge in [0.05, 0.1) is 5.92 Å². The molecule has 0 spiro atoms. The summed E-state index contributed by atoms with van der Waals surface area (Å²) in [5, 5.41) is 0.574. The second-order valence-corrected chi connectivity index (χ2v) is 6.63. The molecule has 6 heteroatoms. The van der Waals surface area contributed by atoms with Crippen molar-refractivity contribution in [2.24, 2.45) is 5.92 Å². The first-order valence-electron chi connectivity index (χ1n) is 8.31. The van der Waals surface area contributed by atoms with Crippen LogP contribution in [0.5, 0.6) is 0 Å². The zero-order valence-electron chi connectivity index (χ0n) is 14.2. The summed E-state index contributed by atoms with van der Waals surface area (Å²) in [6.45, 7) is 1.77. The lowest BCUT2D eigenvalue weighted by molar-refractivity contribution is -0.151. The lowest BCUT2D eigenvalue weighted by Crippen LogP contribution is -2.30. The molecule has 0 radical (unpaired) electrons. The molecule has 1 aliphatic rings. The van der Waals surface area contributed by atoms with Crippen molar-refractivity contribution in [3.8, 4) is 0 Å². The number of nitrogens with zero attached hydrogens (tertiary/aromatic N) is 1. The zero-order chi connectivity index (χ0) is 18.7. The number of amides is 1. The molecule has 134 valence electrons. The smallest absolute Gasteiger partial charge is 0.312 e. The van der Waals surface area contributed by atoms with Crippen molar-refractivity contribution in [3.05, 3.63) is 65.2 Å². The van der Waals surface area contributed by atoms with Crippen LogP contribution in [0.25, 0.3) is 0 Å². The number of rotatable bonds is 5. The Labute approximate surface area is 156 Å². The van der Waals surface area contributed by atoms with Crippen LogP contribution in [-0.2, 0) is 14.3 Å². The molecule has 1 heterocycles. The Kier molecular flexibility index (Phi) is 5.38. The quantitative estimate of drug-likeness (QED) is 0.596. The van der Waals surface area contributed by atoms with Crippen LogP contribution in [-0.4, -0.2) is 30.3 Å². The van der Waals surface area contributed by atoms with E-state index >= 15 is 0 Å². The van der Waals surface area contributed by atoms with Gasteiger partial charge in [0.1, 0.15) is 0 Å². The largest absolute Gasteiger partial charge is 0.454 e. The third kappa shape index (κ3) is 3.94. The van der Waals surface area contributed by atoms with Gasteiger partial charge in [0, 0.05) is 29.2 Å². The van der Waals surface area contributed by atoms with Crippen LogP contribution in [0.3, 0.4) is 0 Å². The predicted molar refractivity (Wildman–Crippen MR) is 98.2 cm³/mol. The normalized spacial score (nSPS) is 17.8. The Hall–Kier alpha value is -2.66. The molecular weight excluding hydrogens is 354 g/mol. The minimum atomic E-state index is -0.899.